The second kappa shape index (κ2) is 9.95. The van der Waals surface area contributed by atoms with Gasteiger partial charge in [-0.1, -0.05) is 49.2 Å². The highest BCUT2D eigenvalue weighted by molar-refractivity contribution is 5.81. The number of nitrogens with zero attached hydrogens (tertiary/aromatic N) is 1. The molecule has 0 aromatic heterocycles. The van der Waals surface area contributed by atoms with Crippen molar-refractivity contribution < 1.29 is 4.84 Å². The molecule has 2 nitrogen and oxygen atoms in total. The van der Waals surface area contributed by atoms with Crippen molar-refractivity contribution in [3.8, 4) is 0 Å². The number of hydrogen-bond acceptors (Lipinski definition) is 2. The Hall–Kier alpha value is -1.05. The molecule has 0 rings (SSSR count). The van der Waals surface area contributed by atoms with E-state index in [-0.39, 0.29) is 5.60 Å². The second-order valence-corrected chi connectivity index (χ2v) is 8.93. The Morgan fingerprint density at radius 2 is 1.39 bits per heavy atom. The topological polar surface area (TPSA) is 21.6 Å². The highest BCUT2D eigenvalue weighted by Crippen LogP contribution is 2.21. The van der Waals surface area contributed by atoms with Crippen LogP contribution in [0.3, 0.4) is 0 Å². The lowest BCUT2D eigenvalue weighted by Gasteiger charge is -2.16. The Kier molecular flexibility index (Phi) is 9.49. The van der Waals surface area contributed by atoms with Gasteiger partial charge in [-0.3, -0.25) is 0 Å². The maximum absolute atomic E-state index is 5.45. The lowest BCUT2D eigenvalue weighted by Crippen LogP contribution is -2.16. The highest BCUT2D eigenvalue weighted by atomic mass is 16.6. The summed E-state index contributed by atoms with van der Waals surface area (Å²) in [5.74, 6) is 0. The Bertz CT molecular complexity index is 428. The van der Waals surface area contributed by atoms with Gasteiger partial charge in [-0.2, -0.15) is 0 Å². The third-order valence-corrected chi connectivity index (χ3v) is 3.45. The molecule has 134 valence electrons. The summed E-state index contributed by atoms with van der Waals surface area (Å²) < 4.78 is 0. The van der Waals surface area contributed by atoms with Crippen LogP contribution in [0.15, 0.2) is 28.5 Å². The van der Waals surface area contributed by atoms with Crippen molar-refractivity contribution in [3.05, 3.63) is 23.3 Å². The van der Waals surface area contributed by atoms with Crippen molar-refractivity contribution in [1.82, 2.24) is 0 Å². The molecular weight excluding hydrogens is 282 g/mol. The van der Waals surface area contributed by atoms with Crippen LogP contribution in [0.5, 0.6) is 0 Å². The molecule has 2 heteroatoms. The maximum Gasteiger partial charge on any atom is 0.129 e. The van der Waals surface area contributed by atoms with E-state index in [4.69, 9.17) is 4.84 Å². The van der Waals surface area contributed by atoms with Crippen LogP contribution in [0.25, 0.3) is 0 Å². The van der Waals surface area contributed by atoms with Crippen LogP contribution in [-0.4, -0.2) is 11.3 Å². The van der Waals surface area contributed by atoms with E-state index in [9.17, 15) is 0 Å². The highest BCUT2D eigenvalue weighted by Gasteiger charge is 2.10. The average molecular weight is 322 g/mol. The Labute approximate surface area is 145 Å². The summed E-state index contributed by atoms with van der Waals surface area (Å²) in [6, 6.07) is 0. The summed E-state index contributed by atoms with van der Waals surface area (Å²) >= 11 is 0. The quantitative estimate of drug-likeness (QED) is 0.266. The monoisotopic (exact) mass is 321 g/mol. The van der Waals surface area contributed by atoms with Gasteiger partial charge in [0.05, 0.1) is 5.71 Å². The van der Waals surface area contributed by atoms with Crippen molar-refractivity contribution in [2.45, 2.75) is 100 Å². The van der Waals surface area contributed by atoms with Gasteiger partial charge in [0.1, 0.15) is 5.60 Å². The SMILES string of the molecule is C/C(=C\CC(C)(C)C)CC/C=C(\C)CC/C(C)=N/OC(C)(C)C. The first-order chi connectivity index (χ1) is 10.4. The fourth-order valence-corrected chi connectivity index (χ4v) is 1.87. The zero-order chi connectivity index (χ0) is 18.1. The molecular formula is C21H39NO. The van der Waals surface area contributed by atoms with E-state index in [1.807, 2.05) is 27.7 Å². The van der Waals surface area contributed by atoms with E-state index in [1.165, 1.54) is 11.1 Å². The van der Waals surface area contributed by atoms with Gasteiger partial charge in [-0.25, -0.2) is 0 Å². The third-order valence-electron chi connectivity index (χ3n) is 3.45. The molecule has 0 aromatic carbocycles. The Balaban J connectivity index is 4.13. The van der Waals surface area contributed by atoms with Crippen molar-refractivity contribution in [3.63, 3.8) is 0 Å². The Morgan fingerprint density at radius 3 is 1.91 bits per heavy atom. The van der Waals surface area contributed by atoms with Gasteiger partial charge in [-0.05, 0) is 79.1 Å². The number of rotatable bonds is 8. The van der Waals surface area contributed by atoms with Crippen LogP contribution in [0, 0.1) is 5.41 Å². The molecule has 0 aliphatic heterocycles. The van der Waals surface area contributed by atoms with Gasteiger partial charge in [0, 0.05) is 0 Å². The summed E-state index contributed by atoms with van der Waals surface area (Å²) in [7, 11) is 0. The predicted molar refractivity (Wildman–Crippen MR) is 104 cm³/mol. The van der Waals surface area contributed by atoms with E-state index in [1.54, 1.807) is 0 Å². The average Bonchev–Trinajstić information content (AvgIpc) is 2.39. The van der Waals surface area contributed by atoms with Crippen LogP contribution in [-0.2, 0) is 4.84 Å². The maximum atomic E-state index is 5.45. The molecule has 23 heavy (non-hydrogen) atoms. The Morgan fingerprint density at radius 1 is 0.826 bits per heavy atom. The largest absolute Gasteiger partial charge is 0.390 e. The summed E-state index contributed by atoms with van der Waals surface area (Å²) in [6.45, 7) is 19.4. The van der Waals surface area contributed by atoms with Gasteiger partial charge in [0.15, 0.2) is 0 Å². The molecule has 0 fully saturated rings. The molecule has 0 heterocycles. The van der Waals surface area contributed by atoms with Crippen LogP contribution in [0.2, 0.25) is 0 Å². The minimum Gasteiger partial charge on any atom is -0.390 e. The molecule has 0 bridgehead atoms. The fourth-order valence-electron chi connectivity index (χ4n) is 1.87. The molecule has 0 atom stereocenters. The lowest BCUT2D eigenvalue weighted by molar-refractivity contribution is 0.000468. The molecule has 0 saturated carbocycles. The molecule has 0 radical (unpaired) electrons. The smallest absolute Gasteiger partial charge is 0.129 e. The summed E-state index contributed by atoms with van der Waals surface area (Å²) in [5, 5.41) is 4.20. The van der Waals surface area contributed by atoms with Crippen LogP contribution < -0.4 is 0 Å². The van der Waals surface area contributed by atoms with E-state index in [0.717, 1.165) is 37.8 Å². The van der Waals surface area contributed by atoms with Crippen molar-refractivity contribution in [1.29, 1.82) is 0 Å². The van der Waals surface area contributed by atoms with Gasteiger partial charge in [0.25, 0.3) is 0 Å². The van der Waals surface area contributed by atoms with Crippen LogP contribution in [0.4, 0.5) is 0 Å². The van der Waals surface area contributed by atoms with Crippen LogP contribution in [0.1, 0.15) is 94.4 Å². The number of oxime groups is 1. The summed E-state index contributed by atoms with van der Waals surface area (Å²) in [5.41, 5.74) is 4.19. The van der Waals surface area contributed by atoms with Crippen LogP contribution >= 0.6 is 0 Å². The standard InChI is InChI=1S/C21H39NO/c1-17(13-14-19(3)22-23-21(7,8)9)11-10-12-18(2)15-16-20(4,5)6/h11,15H,10,12-14,16H2,1-9H3/b17-11+,18-15+,22-19+. The third kappa shape index (κ3) is 15.6. The van der Waals surface area contributed by atoms with E-state index in [2.05, 4.69) is 51.9 Å². The number of hydrogen-bond donors (Lipinski definition) is 0. The van der Waals surface area contributed by atoms with E-state index in [0.29, 0.717) is 5.41 Å². The first kappa shape index (κ1) is 21.9. The van der Waals surface area contributed by atoms with E-state index >= 15 is 0 Å². The van der Waals surface area contributed by atoms with Gasteiger partial charge in [-0.15, -0.1) is 0 Å². The molecule has 0 aromatic rings. The molecule has 0 aliphatic rings. The zero-order valence-electron chi connectivity index (χ0n) is 17.0. The minimum atomic E-state index is -0.205. The fraction of sp³-hybridized carbons (Fsp3) is 0.762. The first-order valence-corrected chi connectivity index (χ1v) is 8.92. The summed E-state index contributed by atoms with van der Waals surface area (Å²) in [4.78, 5) is 5.45. The second-order valence-electron chi connectivity index (χ2n) is 8.93. The molecule has 0 aliphatic carbocycles. The normalized spacial score (nSPS) is 15.1. The molecule has 0 amide bonds. The van der Waals surface area contributed by atoms with Gasteiger partial charge in [0.2, 0.25) is 0 Å². The minimum absolute atomic E-state index is 0.205. The van der Waals surface area contributed by atoms with E-state index < -0.39 is 0 Å². The van der Waals surface area contributed by atoms with Crippen molar-refractivity contribution >= 4 is 5.71 Å². The molecule has 0 N–H and O–H groups in total. The lowest BCUT2D eigenvalue weighted by atomic mass is 9.91. The molecule has 0 unspecified atom stereocenters. The molecule has 0 spiro atoms. The van der Waals surface area contributed by atoms with Crippen molar-refractivity contribution in [2.24, 2.45) is 10.6 Å². The number of allylic oxidation sites excluding steroid dienone is 4. The predicted octanol–water partition coefficient (Wildman–Crippen LogP) is 7.07. The molecule has 0 saturated heterocycles. The van der Waals surface area contributed by atoms with Gasteiger partial charge >= 0.3 is 0 Å². The van der Waals surface area contributed by atoms with Gasteiger partial charge < -0.3 is 4.84 Å². The summed E-state index contributed by atoms with van der Waals surface area (Å²) in [6.07, 6.45) is 10.2. The van der Waals surface area contributed by atoms with Crippen molar-refractivity contribution in [2.75, 3.05) is 0 Å². The zero-order valence-corrected chi connectivity index (χ0v) is 17.0. The first-order valence-electron chi connectivity index (χ1n) is 8.92.